The number of nitrogens with zero attached hydrogens (tertiary/aromatic N) is 5. The van der Waals surface area contributed by atoms with Gasteiger partial charge in [-0.25, -0.2) is 4.98 Å². The van der Waals surface area contributed by atoms with E-state index in [-0.39, 0.29) is 5.54 Å². The number of para-hydroxylation sites is 6. The highest BCUT2D eigenvalue weighted by molar-refractivity contribution is 6.19. The molecule has 0 amide bonds. The van der Waals surface area contributed by atoms with Crippen LogP contribution in [0.25, 0.3) is 66.0 Å². The molecule has 5 heteroatoms. The van der Waals surface area contributed by atoms with Crippen molar-refractivity contribution in [3.05, 3.63) is 169 Å². The van der Waals surface area contributed by atoms with Crippen molar-refractivity contribution < 1.29 is 0 Å². The Kier molecular flexibility index (Phi) is 5.66. The van der Waals surface area contributed by atoms with Crippen LogP contribution in [0.1, 0.15) is 19.4 Å². The van der Waals surface area contributed by atoms with E-state index < -0.39 is 0 Å². The molecule has 1 aliphatic rings. The molecule has 3 aromatic heterocycles. The van der Waals surface area contributed by atoms with Gasteiger partial charge in [0.05, 0.1) is 44.3 Å². The van der Waals surface area contributed by atoms with Crippen LogP contribution in [0.2, 0.25) is 0 Å². The fourth-order valence-electron chi connectivity index (χ4n) is 8.70. The lowest BCUT2D eigenvalue weighted by atomic mass is 9.89. The van der Waals surface area contributed by atoms with Gasteiger partial charge < -0.3 is 9.13 Å². The number of hydrogen-bond acceptors (Lipinski definition) is 2. The van der Waals surface area contributed by atoms with Crippen molar-refractivity contribution in [1.29, 1.82) is 0 Å². The summed E-state index contributed by atoms with van der Waals surface area (Å²) < 4.78 is 7.25. The molecule has 0 N–H and O–H groups in total. The van der Waals surface area contributed by atoms with Crippen LogP contribution in [-0.2, 0) is 5.54 Å². The second-order valence-corrected chi connectivity index (χ2v) is 14.1. The molecule has 7 aromatic carbocycles. The number of hydrogen-bond donors (Lipinski definition) is 0. The van der Waals surface area contributed by atoms with Crippen molar-refractivity contribution in [3.8, 4) is 11.4 Å². The average Bonchev–Trinajstić information content (AvgIpc) is 3.83. The van der Waals surface area contributed by atoms with Crippen LogP contribution in [0.3, 0.4) is 0 Å². The number of anilines is 3. The highest BCUT2D eigenvalue weighted by atomic mass is 15.4. The Labute approximate surface area is 294 Å². The predicted molar refractivity (Wildman–Crippen MR) is 212 cm³/mol. The third-order valence-electron chi connectivity index (χ3n) is 10.9. The second-order valence-electron chi connectivity index (χ2n) is 14.1. The lowest BCUT2D eigenvalue weighted by Gasteiger charge is -2.41. The molecule has 0 atom stereocenters. The minimum absolute atomic E-state index is 0.336. The fourth-order valence-corrected chi connectivity index (χ4v) is 8.70. The summed E-state index contributed by atoms with van der Waals surface area (Å²) in [4.78, 5) is 7.60. The van der Waals surface area contributed by atoms with Gasteiger partial charge in [-0.2, -0.15) is 0 Å². The average molecular weight is 656 g/mol. The topological polar surface area (TPSA) is 30.9 Å². The quantitative estimate of drug-likeness (QED) is 0.190. The largest absolute Gasteiger partial charge is 0.309 e. The molecule has 242 valence electrons. The maximum Gasteiger partial charge on any atom is 0.216 e. The van der Waals surface area contributed by atoms with Crippen LogP contribution in [0.4, 0.5) is 17.3 Å². The third-order valence-corrected chi connectivity index (χ3v) is 10.9. The number of benzene rings is 7. The van der Waals surface area contributed by atoms with Crippen molar-refractivity contribution in [3.63, 3.8) is 0 Å². The molecule has 5 nitrogen and oxygen atoms in total. The third kappa shape index (κ3) is 3.83. The van der Waals surface area contributed by atoms with E-state index >= 15 is 0 Å². The van der Waals surface area contributed by atoms with Gasteiger partial charge in [-0.3, -0.25) is 9.47 Å². The minimum atomic E-state index is -0.336. The molecule has 10 aromatic rings. The fraction of sp³-hybridized carbons (Fsp3) is 0.0652. The van der Waals surface area contributed by atoms with Gasteiger partial charge >= 0.3 is 0 Å². The monoisotopic (exact) mass is 655 g/mol. The Bertz CT molecular complexity index is 3000. The highest BCUT2D eigenvalue weighted by Crippen LogP contribution is 2.50. The molecular weight excluding hydrogens is 623 g/mol. The normalized spacial score (nSPS) is 13.8. The number of rotatable bonds is 3. The maximum atomic E-state index is 5.27. The van der Waals surface area contributed by atoms with Gasteiger partial charge in [0.15, 0.2) is 0 Å². The first-order chi connectivity index (χ1) is 25.1. The molecule has 0 fully saturated rings. The summed E-state index contributed by atoms with van der Waals surface area (Å²) >= 11 is 0. The Hall–Kier alpha value is -6.59. The number of imidazole rings is 1. The summed E-state index contributed by atoms with van der Waals surface area (Å²) in [5.41, 5.74) is 12.3. The van der Waals surface area contributed by atoms with E-state index in [0.717, 1.165) is 39.7 Å². The van der Waals surface area contributed by atoms with Crippen molar-refractivity contribution >= 4 is 72.0 Å². The molecule has 4 heterocycles. The molecule has 0 bridgehead atoms. The van der Waals surface area contributed by atoms with Gasteiger partial charge in [0.2, 0.25) is 5.95 Å². The standard InChI is InChI=1S/C46H33N5/c1-46(2)37-26-25-32(27-44(37)50(31-17-7-4-8-18-31)45-47-38-21-11-14-24-41(38)51(45)46)49-40-23-13-10-20-34(40)36-28-42-35(29-43(36)49)33-19-9-12-22-39(33)48(42)30-15-5-3-6-16-30/h3-29H,1-2H3. The summed E-state index contributed by atoms with van der Waals surface area (Å²) in [6.45, 7) is 4.62. The maximum absolute atomic E-state index is 5.27. The van der Waals surface area contributed by atoms with Crippen LogP contribution in [0, 0.1) is 0 Å². The van der Waals surface area contributed by atoms with Crippen LogP contribution in [0.15, 0.2) is 164 Å². The zero-order chi connectivity index (χ0) is 33.8. The van der Waals surface area contributed by atoms with E-state index in [2.05, 4.69) is 196 Å². The van der Waals surface area contributed by atoms with Crippen molar-refractivity contribution in [2.75, 3.05) is 4.90 Å². The van der Waals surface area contributed by atoms with Crippen LogP contribution >= 0.6 is 0 Å². The molecule has 1 aliphatic heterocycles. The molecule has 0 radical (unpaired) electrons. The van der Waals surface area contributed by atoms with Gasteiger partial charge in [-0.05, 0) is 86.6 Å². The summed E-state index contributed by atoms with van der Waals surface area (Å²) in [6.07, 6.45) is 0. The molecule has 0 spiro atoms. The van der Waals surface area contributed by atoms with Gasteiger partial charge in [0.25, 0.3) is 0 Å². The Morgan fingerprint density at radius 1 is 0.431 bits per heavy atom. The van der Waals surface area contributed by atoms with Gasteiger partial charge in [0.1, 0.15) is 0 Å². The van der Waals surface area contributed by atoms with E-state index in [9.17, 15) is 0 Å². The SMILES string of the molecule is CC1(C)c2ccc(-n3c4ccccc4c4cc5c(cc43)c3ccccc3n5-c3ccccc3)cc2N(c2ccccc2)c2nc3ccccc3n21. The zero-order valence-corrected chi connectivity index (χ0v) is 28.3. The highest BCUT2D eigenvalue weighted by Gasteiger charge is 2.39. The van der Waals surface area contributed by atoms with Gasteiger partial charge in [-0.1, -0.05) is 91.0 Å². The smallest absolute Gasteiger partial charge is 0.216 e. The number of fused-ring (bicyclic) bond motifs is 10. The summed E-state index contributed by atoms with van der Waals surface area (Å²) in [5, 5.41) is 4.96. The molecular formula is C46H33N5. The van der Waals surface area contributed by atoms with E-state index in [4.69, 9.17) is 4.98 Å². The van der Waals surface area contributed by atoms with E-state index in [1.807, 2.05) is 0 Å². The van der Waals surface area contributed by atoms with Gasteiger partial charge in [0, 0.05) is 44.2 Å². The first kappa shape index (κ1) is 28.3. The lowest BCUT2D eigenvalue weighted by molar-refractivity contribution is 0.442. The Morgan fingerprint density at radius 3 is 1.61 bits per heavy atom. The van der Waals surface area contributed by atoms with E-state index in [1.54, 1.807) is 0 Å². The first-order valence-corrected chi connectivity index (χ1v) is 17.6. The summed E-state index contributed by atoms with van der Waals surface area (Å²) in [5.74, 6) is 0.926. The van der Waals surface area contributed by atoms with Crippen molar-refractivity contribution in [2.45, 2.75) is 19.4 Å². The minimum Gasteiger partial charge on any atom is -0.309 e. The molecule has 0 saturated heterocycles. The molecule has 51 heavy (non-hydrogen) atoms. The molecule has 0 unspecified atom stereocenters. The first-order valence-electron chi connectivity index (χ1n) is 17.6. The molecule has 0 aliphatic carbocycles. The van der Waals surface area contributed by atoms with E-state index in [0.29, 0.717) is 0 Å². The predicted octanol–water partition coefficient (Wildman–Crippen LogP) is 11.8. The summed E-state index contributed by atoms with van der Waals surface area (Å²) in [6, 6.07) is 59.2. The molecule has 0 saturated carbocycles. The Morgan fingerprint density at radius 2 is 0.961 bits per heavy atom. The van der Waals surface area contributed by atoms with Crippen molar-refractivity contribution in [1.82, 2.24) is 18.7 Å². The molecule has 11 rings (SSSR count). The lowest BCUT2D eigenvalue weighted by Crippen LogP contribution is -2.36. The van der Waals surface area contributed by atoms with E-state index in [1.165, 1.54) is 49.2 Å². The second kappa shape index (κ2) is 10.2. The van der Waals surface area contributed by atoms with Crippen LogP contribution in [-0.4, -0.2) is 18.7 Å². The zero-order valence-electron chi connectivity index (χ0n) is 28.3. The van der Waals surface area contributed by atoms with Crippen molar-refractivity contribution in [2.24, 2.45) is 0 Å². The van der Waals surface area contributed by atoms with Crippen LogP contribution in [0.5, 0.6) is 0 Å². The van der Waals surface area contributed by atoms with Gasteiger partial charge in [-0.15, -0.1) is 0 Å². The van der Waals surface area contributed by atoms with Crippen LogP contribution < -0.4 is 4.90 Å². The Balaban J connectivity index is 1.22. The summed E-state index contributed by atoms with van der Waals surface area (Å²) in [7, 11) is 0. The number of aromatic nitrogens is 4.